The third kappa shape index (κ3) is 3.95. The van der Waals surface area contributed by atoms with Gasteiger partial charge in [-0.1, -0.05) is 24.3 Å². The van der Waals surface area contributed by atoms with Crippen LogP contribution in [0.2, 0.25) is 0 Å². The predicted octanol–water partition coefficient (Wildman–Crippen LogP) is 4.49. The molecule has 0 aliphatic carbocycles. The van der Waals surface area contributed by atoms with E-state index in [1.165, 1.54) is 6.92 Å². The summed E-state index contributed by atoms with van der Waals surface area (Å²) >= 11 is 0. The molecule has 0 radical (unpaired) electrons. The van der Waals surface area contributed by atoms with Crippen LogP contribution < -0.4 is 10.6 Å². The molecule has 140 valence electrons. The minimum absolute atomic E-state index is 0.124. The maximum absolute atomic E-state index is 12.3. The minimum Gasteiger partial charge on any atom is -0.460 e. The zero-order valence-corrected chi connectivity index (χ0v) is 15.6. The third-order valence-corrected chi connectivity index (χ3v) is 4.26. The van der Waals surface area contributed by atoms with Crippen LogP contribution in [0.1, 0.15) is 35.5 Å². The molecule has 0 atom stereocenters. The number of esters is 1. The van der Waals surface area contributed by atoms with Gasteiger partial charge in [0.15, 0.2) is 0 Å². The van der Waals surface area contributed by atoms with E-state index in [-0.39, 0.29) is 18.3 Å². The molecule has 1 amide bonds. The Morgan fingerprint density at radius 3 is 2.56 bits per heavy atom. The Hall–Kier alpha value is -3.28. The van der Waals surface area contributed by atoms with Crippen LogP contribution in [0.25, 0.3) is 11.0 Å². The van der Waals surface area contributed by atoms with Crippen molar-refractivity contribution >= 4 is 34.2 Å². The van der Waals surface area contributed by atoms with E-state index in [1.807, 2.05) is 49.4 Å². The molecule has 0 aliphatic rings. The van der Waals surface area contributed by atoms with Gasteiger partial charge in [-0.3, -0.25) is 4.79 Å². The van der Waals surface area contributed by atoms with Crippen LogP contribution in [0.3, 0.4) is 0 Å². The number of carbonyl (C=O) groups excluding carboxylic acids is 2. The number of rotatable bonds is 6. The van der Waals surface area contributed by atoms with Gasteiger partial charge in [0, 0.05) is 35.8 Å². The Balaban J connectivity index is 1.92. The quantitative estimate of drug-likeness (QED) is 0.628. The first-order valence-corrected chi connectivity index (χ1v) is 8.79. The molecule has 0 aliphatic heterocycles. The molecule has 1 heterocycles. The first kappa shape index (κ1) is 18.5. The second kappa shape index (κ2) is 7.95. The van der Waals surface area contributed by atoms with Crippen molar-refractivity contribution in [1.82, 2.24) is 0 Å². The van der Waals surface area contributed by atoms with Crippen LogP contribution in [0, 0.1) is 6.92 Å². The zero-order chi connectivity index (χ0) is 19.4. The zero-order valence-electron chi connectivity index (χ0n) is 15.6. The van der Waals surface area contributed by atoms with E-state index in [2.05, 4.69) is 10.6 Å². The molecular formula is C21H22N2O4. The first-order chi connectivity index (χ1) is 13.0. The number of hydrogen-bond acceptors (Lipinski definition) is 5. The number of fused-ring (bicyclic) bond motifs is 1. The van der Waals surface area contributed by atoms with Crippen LogP contribution in [-0.4, -0.2) is 18.5 Å². The Bertz CT molecular complexity index is 991. The fourth-order valence-electron chi connectivity index (χ4n) is 2.97. The Labute approximate surface area is 157 Å². The van der Waals surface area contributed by atoms with Crippen LogP contribution in [0.4, 0.5) is 11.4 Å². The van der Waals surface area contributed by atoms with Gasteiger partial charge >= 0.3 is 5.97 Å². The summed E-state index contributed by atoms with van der Waals surface area (Å²) in [6.07, 6.45) is 0. The van der Waals surface area contributed by atoms with Gasteiger partial charge in [0.05, 0.1) is 6.61 Å². The van der Waals surface area contributed by atoms with E-state index < -0.39 is 5.97 Å². The molecule has 0 bridgehead atoms. The molecule has 27 heavy (non-hydrogen) atoms. The van der Waals surface area contributed by atoms with Crippen molar-refractivity contribution in [2.24, 2.45) is 0 Å². The molecule has 0 saturated heterocycles. The summed E-state index contributed by atoms with van der Waals surface area (Å²) in [5, 5.41) is 7.02. The monoisotopic (exact) mass is 366 g/mol. The SMILES string of the molecule is CCOC(=O)c1oc2ccccc2c1CNc1cccc(NC(C)=O)c1C. The van der Waals surface area contributed by atoms with Crippen LogP contribution in [0.15, 0.2) is 46.9 Å². The van der Waals surface area contributed by atoms with E-state index in [9.17, 15) is 9.59 Å². The van der Waals surface area contributed by atoms with Crippen molar-refractivity contribution in [3.63, 3.8) is 0 Å². The highest BCUT2D eigenvalue weighted by molar-refractivity contribution is 5.96. The number of furan rings is 1. The van der Waals surface area contributed by atoms with Gasteiger partial charge in [0.2, 0.25) is 11.7 Å². The van der Waals surface area contributed by atoms with E-state index in [1.54, 1.807) is 6.92 Å². The largest absolute Gasteiger partial charge is 0.460 e. The normalized spacial score (nSPS) is 10.6. The van der Waals surface area contributed by atoms with E-state index >= 15 is 0 Å². The van der Waals surface area contributed by atoms with Crippen molar-refractivity contribution in [3.05, 3.63) is 59.4 Å². The van der Waals surface area contributed by atoms with Crippen molar-refractivity contribution in [2.75, 3.05) is 17.2 Å². The van der Waals surface area contributed by atoms with Crippen LogP contribution >= 0.6 is 0 Å². The Morgan fingerprint density at radius 2 is 1.81 bits per heavy atom. The van der Waals surface area contributed by atoms with Crippen molar-refractivity contribution in [1.29, 1.82) is 0 Å². The molecule has 0 fully saturated rings. The Kier molecular flexibility index (Phi) is 5.45. The number of amides is 1. The lowest BCUT2D eigenvalue weighted by atomic mass is 10.1. The van der Waals surface area contributed by atoms with Crippen LogP contribution in [-0.2, 0) is 16.1 Å². The first-order valence-electron chi connectivity index (χ1n) is 8.79. The van der Waals surface area contributed by atoms with Gasteiger partial charge in [-0.15, -0.1) is 0 Å². The number of anilines is 2. The number of para-hydroxylation sites is 1. The third-order valence-electron chi connectivity index (χ3n) is 4.26. The van der Waals surface area contributed by atoms with Gasteiger partial charge in [0.25, 0.3) is 0 Å². The molecule has 1 aromatic heterocycles. The summed E-state index contributed by atoms with van der Waals surface area (Å²) in [4.78, 5) is 23.7. The molecule has 3 aromatic rings. The van der Waals surface area contributed by atoms with Gasteiger partial charge in [-0.05, 0) is 37.6 Å². The second-order valence-corrected chi connectivity index (χ2v) is 6.14. The molecule has 2 N–H and O–H groups in total. The lowest BCUT2D eigenvalue weighted by molar-refractivity contribution is -0.114. The molecular weight excluding hydrogens is 344 g/mol. The van der Waals surface area contributed by atoms with Gasteiger partial charge in [-0.2, -0.15) is 0 Å². The molecule has 0 unspecified atom stereocenters. The highest BCUT2D eigenvalue weighted by Crippen LogP contribution is 2.29. The number of benzene rings is 2. The average Bonchev–Trinajstić information content (AvgIpc) is 3.01. The summed E-state index contributed by atoms with van der Waals surface area (Å²) in [7, 11) is 0. The van der Waals surface area contributed by atoms with Crippen molar-refractivity contribution < 1.29 is 18.7 Å². The number of hydrogen-bond donors (Lipinski definition) is 2. The summed E-state index contributed by atoms with van der Waals surface area (Å²) < 4.78 is 10.9. The highest BCUT2D eigenvalue weighted by atomic mass is 16.5. The standard InChI is InChI=1S/C21H22N2O4/c1-4-26-21(25)20-16(15-8-5-6-11-19(15)27-20)12-22-17-9-7-10-18(13(17)2)23-14(3)24/h5-11,22H,4,12H2,1-3H3,(H,23,24). The lowest BCUT2D eigenvalue weighted by Gasteiger charge is -2.13. The van der Waals surface area contributed by atoms with E-state index in [4.69, 9.17) is 9.15 Å². The fraction of sp³-hybridized carbons (Fsp3) is 0.238. The predicted molar refractivity (Wildman–Crippen MR) is 105 cm³/mol. The number of nitrogens with one attached hydrogen (secondary N) is 2. The van der Waals surface area contributed by atoms with Crippen molar-refractivity contribution in [3.8, 4) is 0 Å². The van der Waals surface area contributed by atoms with Gasteiger partial charge < -0.3 is 19.8 Å². The number of carbonyl (C=O) groups is 2. The van der Waals surface area contributed by atoms with Crippen molar-refractivity contribution in [2.45, 2.75) is 27.3 Å². The molecule has 6 heteroatoms. The Morgan fingerprint density at radius 1 is 1.07 bits per heavy atom. The fourth-order valence-corrected chi connectivity index (χ4v) is 2.97. The molecule has 2 aromatic carbocycles. The summed E-state index contributed by atoms with van der Waals surface area (Å²) in [6.45, 7) is 5.82. The second-order valence-electron chi connectivity index (χ2n) is 6.14. The van der Waals surface area contributed by atoms with Gasteiger partial charge in [-0.25, -0.2) is 4.79 Å². The summed E-state index contributed by atoms with van der Waals surface area (Å²) in [6, 6.07) is 13.1. The van der Waals surface area contributed by atoms with E-state index in [0.717, 1.165) is 27.9 Å². The molecule has 6 nitrogen and oxygen atoms in total. The average molecular weight is 366 g/mol. The number of ether oxygens (including phenoxy) is 1. The summed E-state index contributed by atoms with van der Waals surface area (Å²) in [5.74, 6) is -0.392. The highest BCUT2D eigenvalue weighted by Gasteiger charge is 2.21. The van der Waals surface area contributed by atoms with E-state index in [0.29, 0.717) is 12.1 Å². The van der Waals surface area contributed by atoms with Crippen LogP contribution in [0.5, 0.6) is 0 Å². The molecule has 3 rings (SSSR count). The smallest absolute Gasteiger partial charge is 0.374 e. The topological polar surface area (TPSA) is 80.6 Å². The molecule has 0 spiro atoms. The lowest BCUT2D eigenvalue weighted by Crippen LogP contribution is -2.11. The maximum atomic E-state index is 12.3. The molecule has 0 saturated carbocycles. The van der Waals surface area contributed by atoms with Gasteiger partial charge in [0.1, 0.15) is 5.58 Å². The summed E-state index contributed by atoms with van der Waals surface area (Å²) in [5.41, 5.74) is 3.91. The maximum Gasteiger partial charge on any atom is 0.374 e. The minimum atomic E-state index is -0.478.